The third-order valence-corrected chi connectivity index (χ3v) is 3.36. The van der Waals surface area contributed by atoms with Crippen molar-refractivity contribution in [2.45, 2.75) is 40.0 Å². The van der Waals surface area contributed by atoms with Gasteiger partial charge in [-0.3, -0.25) is 4.98 Å². The summed E-state index contributed by atoms with van der Waals surface area (Å²) >= 11 is 0. The number of aryl methyl sites for hydroxylation is 4. The predicted octanol–water partition coefficient (Wildman–Crippen LogP) is 3.44. The van der Waals surface area contributed by atoms with Gasteiger partial charge < -0.3 is 5.73 Å². The van der Waals surface area contributed by atoms with Crippen LogP contribution >= 0.6 is 0 Å². The third kappa shape index (κ3) is 2.70. The molecule has 2 heteroatoms. The molecule has 2 rings (SSSR count). The Labute approximate surface area is 109 Å². The van der Waals surface area contributed by atoms with Gasteiger partial charge in [0.15, 0.2) is 0 Å². The van der Waals surface area contributed by atoms with E-state index >= 15 is 0 Å². The zero-order valence-corrected chi connectivity index (χ0v) is 11.6. The SMILES string of the molecule is Cc1cc(C)c2c(CCCCN)cc(C)nc2c1. The minimum atomic E-state index is 0.778. The van der Waals surface area contributed by atoms with Crippen LogP contribution in [0.3, 0.4) is 0 Å². The number of nitrogens with zero attached hydrogens (tertiary/aromatic N) is 1. The minimum Gasteiger partial charge on any atom is -0.330 e. The van der Waals surface area contributed by atoms with Gasteiger partial charge in [0, 0.05) is 11.1 Å². The quantitative estimate of drug-likeness (QED) is 0.834. The molecule has 0 radical (unpaired) electrons. The van der Waals surface area contributed by atoms with E-state index in [0.29, 0.717) is 0 Å². The molecule has 0 fully saturated rings. The van der Waals surface area contributed by atoms with Gasteiger partial charge in [-0.05, 0) is 75.4 Å². The first-order valence-electron chi connectivity index (χ1n) is 6.69. The number of benzene rings is 1. The molecule has 2 aromatic rings. The molecule has 1 aromatic heterocycles. The fourth-order valence-corrected chi connectivity index (χ4v) is 2.65. The molecule has 0 spiro atoms. The first-order valence-corrected chi connectivity index (χ1v) is 6.69. The normalized spacial score (nSPS) is 11.1. The van der Waals surface area contributed by atoms with Crippen LogP contribution in [0, 0.1) is 20.8 Å². The van der Waals surface area contributed by atoms with E-state index in [-0.39, 0.29) is 0 Å². The van der Waals surface area contributed by atoms with Crippen LogP contribution < -0.4 is 5.73 Å². The van der Waals surface area contributed by atoms with Crippen LogP contribution in [0.15, 0.2) is 18.2 Å². The minimum absolute atomic E-state index is 0.778. The number of aromatic nitrogens is 1. The van der Waals surface area contributed by atoms with Gasteiger partial charge in [0.1, 0.15) is 0 Å². The molecule has 0 aliphatic heterocycles. The molecule has 96 valence electrons. The second kappa shape index (κ2) is 5.49. The van der Waals surface area contributed by atoms with Crippen LogP contribution in [0.4, 0.5) is 0 Å². The van der Waals surface area contributed by atoms with Crippen LogP contribution in [0.25, 0.3) is 10.9 Å². The highest BCUT2D eigenvalue weighted by Crippen LogP contribution is 2.25. The Morgan fingerprint density at radius 1 is 1.06 bits per heavy atom. The topological polar surface area (TPSA) is 38.9 Å². The number of rotatable bonds is 4. The lowest BCUT2D eigenvalue weighted by Gasteiger charge is -2.11. The van der Waals surface area contributed by atoms with Gasteiger partial charge in [0.05, 0.1) is 5.52 Å². The lowest BCUT2D eigenvalue weighted by molar-refractivity contribution is 0.746. The standard InChI is InChI=1S/C16H22N2/c1-11-8-12(2)16-14(6-4-5-7-17)10-13(3)18-15(16)9-11/h8-10H,4-7,17H2,1-3H3. The van der Waals surface area contributed by atoms with E-state index in [1.54, 1.807) is 0 Å². The van der Waals surface area contributed by atoms with Gasteiger partial charge >= 0.3 is 0 Å². The summed E-state index contributed by atoms with van der Waals surface area (Å²) in [6.45, 7) is 7.16. The highest BCUT2D eigenvalue weighted by atomic mass is 14.7. The first kappa shape index (κ1) is 13.0. The molecule has 0 amide bonds. The molecule has 1 heterocycles. The molecule has 0 saturated heterocycles. The molecule has 2 nitrogen and oxygen atoms in total. The molecule has 1 aromatic carbocycles. The number of hydrogen-bond acceptors (Lipinski definition) is 2. The Hall–Kier alpha value is -1.41. The zero-order chi connectivity index (χ0) is 13.1. The van der Waals surface area contributed by atoms with Crippen LogP contribution in [0.2, 0.25) is 0 Å². The second-order valence-corrected chi connectivity index (χ2v) is 5.14. The first-order chi connectivity index (χ1) is 8.61. The maximum absolute atomic E-state index is 5.57. The van der Waals surface area contributed by atoms with Crippen molar-refractivity contribution in [1.82, 2.24) is 4.98 Å². The van der Waals surface area contributed by atoms with E-state index in [1.165, 1.54) is 22.1 Å². The van der Waals surface area contributed by atoms with Gasteiger partial charge in [-0.2, -0.15) is 0 Å². The Balaban J connectivity index is 2.50. The summed E-state index contributed by atoms with van der Waals surface area (Å²) < 4.78 is 0. The van der Waals surface area contributed by atoms with Crippen molar-refractivity contribution in [2.24, 2.45) is 5.73 Å². The molecule has 0 bridgehead atoms. The number of nitrogens with two attached hydrogens (primary N) is 1. The zero-order valence-electron chi connectivity index (χ0n) is 11.6. The summed E-state index contributed by atoms with van der Waals surface area (Å²) in [7, 11) is 0. The Kier molecular flexibility index (Phi) is 3.97. The van der Waals surface area contributed by atoms with Gasteiger partial charge in [0.2, 0.25) is 0 Å². The van der Waals surface area contributed by atoms with Crippen LogP contribution in [-0.2, 0) is 6.42 Å². The lowest BCUT2D eigenvalue weighted by atomic mass is 9.97. The van der Waals surface area contributed by atoms with Crippen molar-refractivity contribution < 1.29 is 0 Å². The molecule has 0 unspecified atom stereocenters. The van der Waals surface area contributed by atoms with Crippen LogP contribution in [0.5, 0.6) is 0 Å². The molecule has 0 aliphatic rings. The molecule has 0 aliphatic carbocycles. The highest BCUT2D eigenvalue weighted by molar-refractivity contribution is 5.86. The van der Waals surface area contributed by atoms with Crippen molar-refractivity contribution in [3.05, 3.63) is 40.6 Å². The smallest absolute Gasteiger partial charge is 0.0713 e. The van der Waals surface area contributed by atoms with Crippen molar-refractivity contribution in [2.75, 3.05) is 6.54 Å². The maximum Gasteiger partial charge on any atom is 0.0713 e. The van der Waals surface area contributed by atoms with Crippen molar-refractivity contribution in [3.63, 3.8) is 0 Å². The Bertz CT molecular complexity index is 553. The molecule has 0 atom stereocenters. The Morgan fingerprint density at radius 3 is 2.56 bits per heavy atom. The number of hydrogen-bond donors (Lipinski definition) is 1. The van der Waals surface area contributed by atoms with Crippen LogP contribution in [-0.4, -0.2) is 11.5 Å². The van der Waals surface area contributed by atoms with Crippen molar-refractivity contribution in [3.8, 4) is 0 Å². The van der Waals surface area contributed by atoms with Gasteiger partial charge in [-0.1, -0.05) is 6.07 Å². The van der Waals surface area contributed by atoms with Gasteiger partial charge in [-0.25, -0.2) is 0 Å². The number of unbranched alkanes of at least 4 members (excludes halogenated alkanes) is 1. The van der Waals surface area contributed by atoms with Crippen molar-refractivity contribution >= 4 is 10.9 Å². The van der Waals surface area contributed by atoms with Gasteiger partial charge in [-0.15, -0.1) is 0 Å². The number of pyridine rings is 1. The van der Waals surface area contributed by atoms with E-state index in [1.807, 2.05) is 0 Å². The fraction of sp³-hybridized carbons (Fsp3) is 0.438. The van der Waals surface area contributed by atoms with E-state index < -0.39 is 0 Å². The summed E-state index contributed by atoms with van der Waals surface area (Å²) in [6.07, 6.45) is 3.34. The third-order valence-electron chi connectivity index (χ3n) is 3.36. The van der Waals surface area contributed by atoms with E-state index in [2.05, 4.69) is 44.0 Å². The summed E-state index contributed by atoms with van der Waals surface area (Å²) in [5.41, 5.74) is 11.9. The van der Waals surface area contributed by atoms with E-state index in [9.17, 15) is 0 Å². The fourth-order valence-electron chi connectivity index (χ4n) is 2.65. The summed E-state index contributed by atoms with van der Waals surface area (Å²) in [5.74, 6) is 0. The molecular formula is C16H22N2. The summed E-state index contributed by atoms with van der Waals surface area (Å²) in [4.78, 5) is 4.66. The molecule has 2 N–H and O–H groups in total. The van der Waals surface area contributed by atoms with Gasteiger partial charge in [0.25, 0.3) is 0 Å². The largest absolute Gasteiger partial charge is 0.330 e. The molecular weight excluding hydrogens is 220 g/mol. The number of fused-ring (bicyclic) bond motifs is 1. The average molecular weight is 242 g/mol. The summed E-state index contributed by atoms with van der Waals surface area (Å²) in [6, 6.07) is 6.65. The van der Waals surface area contributed by atoms with E-state index in [0.717, 1.165) is 37.0 Å². The summed E-state index contributed by atoms with van der Waals surface area (Å²) in [5, 5.41) is 1.34. The Morgan fingerprint density at radius 2 is 1.83 bits per heavy atom. The maximum atomic E-state index is 5.57. The average Bonchev–Trinajstić information content (AvgIpc) is 2.27. The van der Waals surface area contributed by atoms with Crippen LogP contribution in [0.1, 0.15) is 35.2 Å². The monoisotopic (exact) mass is 242 g/mol. The lowest BCUT2D eigenvalue weighted by Crippen LogP contribution is -2.00. The van der Waals surface area contributed by atoms with E-state index in [4.69, 9.17) is 5.73 Å². The molecule has 18 heavy (non-hydrogen) atoms. The van der Waals surface area contributed by atoms with Crippen molar-refractivity contribution in [1.29, 1.82) is 0 Å². The second-order valence-electron chi connectivity index (χ2n) is 5.14. The highest BCUT2D eigenvalue weighted by Gasteiger charge is 2.07. The predicted molar refractivity (Wildman–Crippen MR) is 77.9 cm³/mol. The molecule has 0 saturated carbocycles.